The fraction of sp³-hybridized carbons (Fsp3) is 0.846. The molecule has 17 heavy (non-hydrogen) atoms. The van der Waals surface area contributed by atoms with Crippen molar-refractivity contribution in [3.05, 3.63) is 0 Å². The van der Waals surface area contributed by atoms with Crippen LogP contribution in [0.2, 0.25) is 0 Å². The van der Waals surface area contributed by atoms with Gasteiger partial charge in [-0.1, -0.05) is 0 Å². The Labute approximate surface area is 104 Å². The van der Waals surface area contributed by atoms with Crippen molar-refractivity contribution in [2.24, 2.45) is 17.6 Å². The van der Waals surface area contributed by atoms with Crippen LogP contribution in [-0.4, -0.2) is 30.4 Å². The van der Waals surface area contributed by atoms with E-state index in [0.717, 1.165) is 32.2 Å². The minimum atomic E-state index is 0.163. The van der Waals surface area contributed by atoms with Crippen LogP contribution in [0.4, 0.5) is 0 Å². The zero-order valence-electron chi connectivity index (χ0n) is 10.7. The van der Waals surface area contributed by atoms with Crippen LogP contribution in [0.25, 0.3) is 0 Å². The summed E-state index contributed by atoms with van der Waals surface area (Å²) in [7, 11) is 0. The second-order valence-corrected chi connectivity index (χ2v) is 4.78. The van der Waals surface area contributed by atoms with Gasteiger partial charge in [0.1, 0.15) is 0 Å². The highest BCUT2D eigenvalue weighted by Gasteiger charge is 2.28. The van der Waals surface area contributed by atoms with Crippen LogP contribution >= 0.6 is 0 Å². The molecule has 0 bridgehead atoms. The molecule has 96 valence electrons. The van der Waals surface area contributed by atoms with Gasteiger partial charge in [-0.3, -0.25) is 4.79 Å². The van der Waals surface area contributed by atoms with Crippen LogP contribution in [0.3, 0.4) is 0 Å². The molecule has 1 fully saturated rings. The topological polar surface area (TPSA) is 70.1 Å². The fourth-order valence-electron chi connectivity index (χ4n) is 2.51. The largest absolute Gasteiger partial charge is 0.342 e. The Hall–Kier alpha value is -1.08. The Bertz CT molecular complexity index is 277. The Morgan fingerprint density at radius 2 is 2.06 bits per heavy atom. The smallest absolute Gasteiger partial charge is 0.225 e. The first-order valence-corrected chi connectivity index (χ1v) is 6.58. The molecule has 0 unspecified atom stereocenters. The maximum Gasteiger partial charge on any atom is 0.225 e. The molecule has 2 N–H and O–H groups in total. The first-order chi connectivity index (χ1) is 8.22. The molecule has 0 atom stereocenters. The lowest BCUT2D eigenvalue weighted by atomic mass is 9.81. The van der Waals surface area contributed by atoms with Crippen molar-refractivity contribution >= 4 is 5.91 Å². The van der Waals surface area contributed by atoms with E-state index >= 15 is 0 Å². The minimum Gasteiger partial charge on any atom is -0.342 e. The summed E-state index contributed by atoms with van der Waals surface area (Å²) in [6.45, 7) is 3.99. The molecule has 1 saturated carbocycles. The molecule has 1 amide bonds. The number of hydrogen-bond acceptors (Lipinski definition) is 3. The third-order valence-corrected chi connectivity index (χ3v) is 3.72. The van der Waals surface area contributed by atoms with Gasteiger partial charge in [0, 0.05) is 19.0 Å². The summed E-state index contributed by atoms with van der Waals surface area (Å²) in [4.78, 5) is 14.0. The van der Waals surface area contributed by atoms with Gasteiger partial charge in [-0.15, -0.1) is 0 Å². The van der Waals surface area contributed by atoms with Crippen LogP contribution < -0.4 is 5.73 Å². The molecular formula is C13H23N3O. The standard InChI is InChI=1S/C13H23N3O/c1-2-16(9-3-8-14)13(17)12-6-4-11(10-15)5-7-12/h11-12H,2-7,9-10,15H2,1H3. The van der Waals surface area contributed by atoms with Gasteiger partial charge in [-0.2, -0.15) is 5.26 Å². The Morgan fingerprint density at radius 1 is 1.41 bits per heavy atom. The van der Waals surface area contributed by atoms with Crippen molar-refractivity contribution < 1.29 is 4.79 Å². The van der Waals surface area contributed by atoms with Crippen molar-refractivity contribution in [3.8, 4) is 6.07 Å². The Balaban J connectivity index is 2.43. The highest BCUT2D eigenvalue weighted by molar-refractivity contribution is 5.78. The second kappa shape index (κ2) is 7.29. The number of nitriles is 1. The van der Waals surface area contributed by atoms with E-state index in [1.54, 1.807) is 0 Å². The van der Waals surface area contributed by atoms with E-state index in [4.69, 9.17) is 11.0 Å². The molecule has 0 spiro atoms. The van der Waals surface area contributed by atoms with E-state index in [9.17, 15) is 4.79 Å². The number of amides is 1. The van der Waals surface area contributed by atoms with Crippen molar-refractivity contribution in [3.63, 3.8) is 0 Å². The van der Waals surface area contributed by atoms with Gasteiger partial charge in [0.15, 0.2) is 0 Å². The van der Waals surface area contributed by atoms with Crippen LogP contribution in [0, 0.1) is 23.2 Å². The maximum absolute atomic E-state index is 12.2. The molecule has 1 aliphatic carbocycles. The third kappa shape index (κ3) is 4.01. The summed E-state index contributed by atoms with van der Waals surface area (Å²) >= 11 is 0. The van der Waals surface area contributed by atoms with E-state index in [-0.39, 0.29) is 11.8 Å². The van der Waals surface area contributed by atoms with Gasteiger partial charge >= 0.3 is 0 Å². The summed E-state index contributed by atoms with van der Waals surface area (Å²) in [6.07, 6.45) is 4.50. The van der Waals surface area contributed by atoms with E-state index in [1.165, 1.54) is 0 Å². The molecular weight excluding hydrogens is 214 g/mol. The van der Waals surface area contributed by atoms with E-state index < -0.39 is 0 Å². The van der Waals surface area contributed by atoms with Crippen LogP contribution in [0.1, 0.15) is 39.0 Å². The predicted octanol–water partition coefficient (Wildman–Crippen LogP) is 1.51. The number of hydrogen-bond donors (Lipinski definition) is 1. The Morgan fingerprint density at radius 3 is 2.53 bits per heavy atom. The lowest BCUT2D eigenvalue weighted by Crippen LogP contribution is -2.38. The molecule has 4 heteroatoms. The monoisotopic (exact) mass is 237 g/mol. The van der Waals surface area contributed by atoms with Gasteiger partial charge in [-0.05, 0) is 45.1 Å². The second-order valence-electron chi connectivity index (χ2n) is 4.78. The molecule has 0 radical (unpaired) electrons. The minimum absolute atomic E-state index is 0.163. The fourth-order valence-corrected chi connectivity index (χ4v) is 2.51. The Kier molecular flexibility index (Phi) is 5.99. The molecule has 0 aliphatic heterocycles. The first-order valence-electron chi connectivity index (χ1n) is 6.58. The molecule has 0 aromatic heterocycles. The number of rotatable bonds is 5. The van der Waals surface area contributed by atoms with E-state index in [2.05, 4.69) is 6.07 Å². The molecule has 1 rings (SSSR count). The quantitative estimate of drug-likeness (QED) is 0.788. The molecule has 0 heterocycles. The van der Waals surface area contributed by atoms with Crippen molar-refractivity contribution in [2.75, 3.05) is 19.6 Å². The van der Waals surface area contributed by atoms with Crippen molar-refractivity contribution in [2.45, 2.75) is 39.0 Å². The molecule has 0 aromatic carbocycles. The highest BCUT2D eigenvalue weighted by atomic mass is 16.2. The van der Waals surface area contributed by atoms with Crippen molar-refractivity contribution in [1.29, 1.82) is 5.26 Å². The van der Waals surface area contributed by atoms with E-state index in [1.807, 2.05) is 11.8 Å². The molecule has 0 aromatic rings. The zero-order chi connectivity index (χ0) is 12.7. The summed E-state index contributed by atoms with van der Waals surface area (Å²) in [5.41, 5.74) is 5.65. The normalized spacial score (nSPS) is 24.1. The average molecular weight is 237 g/mol. The van der Waals surface area contributed by atoms with E-state index in [0.29, 0.717) is 25.4 Å². The van der Waals surface area contributed by atoms with Gasteiger partial charge in [0.25, 0.3) is 0 Å². The summed E-state index contributed by atoms with van der Waals surface area (Å²) in [5.74, 6) is 1.00. The van der Waals surface area contributed by atoms with Crippen LogP contribution in [0.5, 0.6) is 0 Å². The summed E-state index contributed by atoms with van der Waals surface area (Å²) in [5, 5.41) is 8.57. The average Bonchev–Trinajstić information content (AvgIpc) is 2.39. The summed E-state index contributed by atoms with van der Waals surface area (Å²) < 4.78 is 0. The number of nitrogens with zero attached hydrogens (tertiary/aromatic N) is 2. The lowest BCUT2D eigenvalue weighted by molar-refractivity contribution is -0.136. The molecule has 4 nitrogen and oxygen atoms in total. The van der Waals surface area contributed by atoms with Gasteiger partial charge in [0.05, 0.1) is 12.5 Å². The van der Waals surface area contributed by atoms with Gasteiger partial charge < -0.3 is 10.6 Å². The van der Waals surface area contributed by atoms with Crippen LogP contribution in [-0.2, 0) is 4.79 Å². The number of nitrogens with two attached hydrogens (primary N) is 1. The predicted molar refractivity (Wildman–Crippen MR) is 67.0 cm³/mol. The van der Waals surface area contributed by atoms with Crippen LogP contribution in [0.15, 0.2) is 0 Å². The zero-order valence-corrected chi connectivity index (χ0v) is 10.7. The number of carbonyl (C=O) groups excluding carboxylic acids is 1. The lowest BCUT2D eigenvalue weighted by Gasteiger charge is -2.31. The maximum atomic E-state index is 12.2. The van der Waals surface area contributed by atoms with Crippen molar-refractivity contribution in [1.82, 2.24) is 4.90 Å². The van der Waals surface area contributed by atoms with Gasteiger partial charge in [-0.25, -0.2) is 0 Å². The SMILES string of the molecule is CCN(CCC#N)C(=O)C1CCC(CN)CC1. The summed E-state index contributed by atoms with van der Waals surface area (Å²) in [6, 6.07) is 2.10. The third-order valence-electron chi connectivity index (χ3n) is 3.72. The molecule has 0 saturated heterocycles. The molecule has 1 aliphatic rings. The highest BCUT2D eigenvalue weighted by Crippen LogP contribution is 2.29. The first kappa shape index (κ1) is 14.0. The van der Waals surface area contributed by atoms with Gasteiger partial charge in [0.2, 0.25) is 5.91 Å². The number of carbonyl (C=O) groups is 1.